The van der Waals surface area contributed by atoms with Gasteiger partial charge in [0.2, 0.25) is 0 Å². The van der Waals surface area contributed by atoms with Gasteiger partial charge < -0.3 is 14.3 Å². The lowest BCUT2D eigenvalue weighted by Crippen LogP contribution is -2.26. The lowest BCUT2D eigenvalue weighted by atomic mass is 9.93. The Balaban J connectivity index is 1.47. The first-order chi connectivity index (χ1) is 14.5. The van der Waals surface area contributed by atoms with Crippen LogP contribution in [0.3, 0.4) is 0 Å². The summed E-state index contributed by atoms with van der Waals surface area (Å²) in [6.07, 6.45) is 3.61. The standard InChI is InChI=1S/C23H20FN3O3/c1-27-14-26-20-13-16(6-9-19(20)23(27)29)22(28)25-11-10-18(21-3-2-12-30-21)15-4-7-17(24)8-5-15/h2-9,12-14,18H,10-11H2,1H3,(H,25,28). The Hall–Kier alpha value is -3.74. The van der Waals surface area contributed by atoms with Gasteiger partial charge in [-0.1, -0.05) is 12.1 Å². The third kappa shape index (κ3) is 4.00. The lowest BCUT2D eigenvalue weighted by Gasteiger charge is -2.16. The molecule has 2 aromatic carbocycles. The highest BCUT2D eigenvalue weighted by Crippen LogP contribution is 2.28. The molecule has 30 heavy (non-hydrogen) atoms. The summed E-state index contributed by atoms with van der Waals surface area (Å²) in [6, 6.07) is 14.8. The number of furan rings is 1. The van der Waals surface area contributed by atoms with Crippen molar-refractivity contribution in [1.29, 1.82) is 0 Å². The fourth-order valence-corrected chi connectivity index (χ4v) is 3.44. The van der Waals surface area contributed by atoms with Crippen molar-refractivity contribution in [3.63, 3.8) is 0 Å². The quantitative estimate of drug-likeness (QED) is 0.532. The van der Waals surface area contributed by atoms with E-state index in [1.54, 1.807) is 49.7 Å². The Bertz CT molecular complexity index is 1230. The van der Waals surface area contributed by atoms with Gasteiger partial charge in [-0.05, 0) is 54.4 Å². The van der Waals surface area contributed by atoms with Crippen LogP contribution in [-0.4, -0.2) is 22.0 Å². The molecular formula is C23H20FN3O3. The van der Waals surface area contributed by atoms with E-state index in [4.69, 9.17) is 4.42 Å². The summed E-state index contributed by atoms with van der Waals surface area (Å²) in [5.74, 6) is 0.0884. The molecule has 1 atom stereocenters. The minimum atomic E-state index is -0.301. The Labute approximate surface area is 172 Å². The highest BCUT2D eigenvalue weighted by Gasteiger charge is 2.18. The van der Waals surface area contributed by atoms with Crippen molar-refractivity contribution in [2.24, 2.45) is 7.05 Å². The molecule has 152 valence electrons. The van der Waals surface area contributed by atoms with Gasteiger partial charge in [-0.15, -0.1) is 0 Å². The van der Waals surface area contributed by atoms with Gasteiger partial charge in [0.15, 0.2) is 0 Å². The normalized spacial score (nSPS) is 12.1. The van der Waals surface area contributed by atoms with Crippen LogP contribution in [-0.2, 0) is 7.05 Å². The van der Waals surface area contributed by atoms with Crippen LogP contribution in [0.2, 0.25) is 0 Å². The molecule has 0 bridgehead atoms. The molecule has 2 aromatic heterocycles. The summed E-state index contributed by atoms with van der Waals surface area (Å²) < 4.78 is 20.2. The third-order valence-corrected chi connectivity index (χ3v) is 5.06. The predicted molar refractivity (Wildman–Crippen MR) is 111 cm³/mol. The van der Waals surface area contributed by atoms with Crippen molar-refractivity contribution in [2.45, 2.75) is 12.3 Å². The maximum atomic E-state index is 13.3. The number of halogens is 1. The highest BCUT2D eigenvalue weighted by molar-refractivity contribution is 5.97. The van der Waals surface area contributed by atoms with E-state index in [-0.39, 0.29) is 23.2 Å². The molecule has 7 heteroatoms. The molecule has 0 aliphatic rings. The van der Waals surface area contributed by atoms with E-state index >= 15 is 0 Å². The Morgan fingerprint density at radius 1 is 1.20 bits per heavy atom. The van der Waals surface area contributed by atoms with Crippen LogP contribution < -0.4 is 10.9 Å². The molecule has 2 heterocycles. The van der Waals surface area contributed by atoms with Crippen molar-refractivity contribution in [3.8, 4) is 0 Å². The van der Waals surface area contributed by atoms with Gasteiger partial charge in [-0.3, -0.25) is 9.59 Å². The average Bonchev–Trinajstić information content (AvgIpc) is 3.29. The molecule has 0 fully saturated rings. The van der Waals surface area contributed by atoms with Crippen molar-refractivity contribution in [1.82, 2.24) is 14.9 Å². The van der Waals surface area contributed by atoms with E-state index in [0.717, 1.165) is 11.3 Å². The van der Waals surface area contributed by atoms with Gasteiger partial charge in [-0.25, -0.2) is 9.37 Å². The minimum Gasteiger partial charge on any atom is -0.469 e. The molecule has 0 aliphatic carbocycles. The fourth-order valence-electron chi connectivity index (χ4n) is 3.44. The zero-order chi connectivity index (χ0) is 21.1. The van der Waals surface area contributed by atoms with E-state index in [1.807, 2.05) is 6.07 Å². The van der Waals surface area contributed by atoms with Gasteiger partial charge in [0, 0.05) is 25.1 Å². The molecule has 1 unspecified atom stereocenters. The van der Waals surface area contributed by atoms with Crippen LogP contribution in [0, 0.1) is 5.82 Å². The van der Waals surface area contributed by atoms with Gasteiger partial charge in [-0.2, -0.15) is 0 Å². The SMILES string of the molecule is Cn1cnc2cc(C(=O)NCCC(c3ccc(F)cc3)c3ccco3)ccc2c1=O. The number of carbonyl (C=O) groups excluding carboxylic acids is 1. The molecule has 4 rings (SSSR count). The number of nitrogens with one attached hydrogen (secondary N) is 1. The Morgan fingerprint density at radius 3 is 2.73 bits per heavy atom. The summed E-state index contributed by atoms with van der Waals surface area (Å²) in [6.45, 7) is 0.392. The molecule has 4 aromatic rings. The minimum absolute atomic E-state index is 0.109. The summed E-state index contributed by atoms with van der Waals surface area (Å²) in [5.41, 5.74) is 1.66. The number of hydrogen-bond acceptors (Lipinski definition) is 4. The number of rotatable bonds is 6. The molecule has 1 N–H and O–H groups in total. The Morgan fingerprint density at radius 2 is 2.00 bits per heavy atom. The van der Waals surface area contributed by atoms with Crippen molar-refractivity contribution in [3.05, 3.63) is 100 Å². The van der Waals surface area contributed by atoms with Gasteiger partial charge in [0.25, 0.3) is 11.5 Å². The summed E-state index contributed by atoms with van der Waals surface area (Å²) >= 11 is 0. The maximum Gasteiger partial charge on any atom is 0.260 e. The summed E-state index contributed by atoms with van der Waals surface area (Å²) in [7, 11) is 1.63. The second-order valence-electron chi connectivity index (χ2n) is 7.06. The molecule has 0 saturated heterocycles. The third-order valence-electron chi connectivity index (χ3n) is 5.06. The van der Waals surface area contributed by atoms with Crippen LogP contribution in [0.4, 0.5) is 4.39 Å². The molecular weight excluding hydrogens is 385 g/mol. The van der Waals surface area contributed by atoms with Crippen molar-refractivity contribution in [2.75, 3.05) is 6.54 Å². The van der Waals surface area contributed by atoms with E-state index in [0.29, 0.717) is 29.4 Å². The fraction of sp³-hybridized carbons (Fsp3) is 0.174. The summed E-state index contributed by atoms with van der Waals surface area (Å²) in [4.78, 5) is 28.9. The zero-order valence-electron chi connectivity index (χ0n) is 16.3. The lowest BCUT2D eigenvalue weighted by molar-refractivity contribution is 0.0952. The molecule has 0 radical (unpaired) electrons. The molecule has 1 amide bonds. The largest absolute Gasteiger partial charge is 0.469 e. The van der Waals surface area contributed by atoms with Gasteiger partial charge in [0.05, 0.1) is 23.5 Å². The van der Waals surface area contributed by atoms with Crippen LogP contribution in [0.1, 0.15) is 34.0 Å². The molecule has 6 nitrogen and oxygen atoms in total. The van der Waals surface area contributed by atoms with Crippen LogP contribution in [0.15, 0.2) is 76.4 Å². The number of hydrogen-bond donors (Lipinski definition) is 1. The van der Waals surface area contributed by atoms with E-state index in [9.17, 15) is 14.0 Å². The monoisotopic (exact) mass is 405 g/mol. The molecule has 0 spiro atoms. The molecule has 0 aliphatic heterocycles. The number of carbonyl (C=O) groups is 1. The van der Waals surface area contributed by atoms with Crippen molar-refractivity contribution >= 4 is 16.8 Å². The number of nitrogens with zero attached hydrogens (tertiary/aromatic N) is 2. The number of benzene rings is 2. The number of amides is 1. The van der Waals surface area contributed by atoms with Crippen LogP contribution in [0.5, 0.6) is 0 Å². The highest BCUT2D eigenvalue weighted by atomic mass is 19.1. The zero-order valence-corrected chi connectivity index (χ0v) is 16.3. The van der Waals surface area contributed by atoms with Crippen molar-refractivity contribution < 1.29 is 13.6 Å². The molecule has 0 saturated carbocycles. The average molecular weight is 405 g/mol. The predicted octanol–water partition coefficient (Wildman–Crippen LogP) is 3.62. The number of aromatic nitrogens is 2. The van der Waals surface area contributed by atoms with E-state index in [1.165, 1.54) is 23.0 Å². The summed E-state index contributed by atoms with van der Waals surface area (Å²) in [5, 5.41) is 3.36. The van der Waals surface area contributed by atoms with E-state index < -0.39 is 0 Å². The smallest absolute Gasteiger partial charge is 0.260 e. The van der Waals surface area contributed by atoms with Crippen LogP contribution in [0.25, 0.3) is 10.9 Å². The second-order valence-corrected chi connectivity index (χ2v) is 7.06. The maximum absolute atomic E-state index is 13.3. The second kappa shape index (κ2) is 8.32. The first kappa shape index (κ1) is 19.6. The van der Waals surface area contributed by atoms with Crippen LogP contribution >= 0.6 is 0 Å². The first-order valence-electron chi connectivity index (χ1n) is 9.55. The van der Waals surface area contributed by atoms with Gasteiger partial charge >= 0.3 is 0 Å². The van der Waals surface area contributed by atoms with Gasteiger partial charge in [0.1, 0.15) is 11.6 Å². The first-order valence-corrected chi connectivity index (χ1v) is 9.55. The Kier molecular flexibility index (Phi) is 5.43. The number of aryl methyl sites for hydroxylation is 1. The number of fused-ring (bicyclic) bond motifs is 1. The topological polar surface area (TPSA) is 77.1 Å². The van der Waals surface area contributed by atoms with E-state index in [2.05, 4.69) is 10.3 Å².